The summed E-state index contributed by atoms with van der Waals surface area (Å²) < 4.78 is 0. The molecule has 108 valence electrons. The first-order valence-electron chi connectivity index (χ1n) is 7.67. The van der Waals surface area contributed by atoms with Crippen molar-refractivity contribution in [2.24, 2.45) is 0 Å². The lowest BCUT2D eigenvalue weighted by atomic mass is 10.0. The van der Waals surface area contributed by atoms with Crippen LogP contribution in [0.15, 0.2) is 30.3 Å². The van der Waals surface area contributed by atoms with Gasteiger partial charge in [0.2, 0.25) is 0 Å². The summed E-state index contributed by atoms with van der Waals surface area (Å²) in [6, 6.07) is 11.0. The molecular weight excluding hydrogens is 234 g/mol. The van der Waals surface area contributed by atoms with Crippen molar-refractivity contribution in [2.75, 3.05) is 6.61 Å². The molecule has 19 heavy (non-hydrogen) atoms. The number of nitrogens with one attached hydrogen (secondary N) is 1. The summed E-state index contributed by atoms with van der Waals surface area (Å²) in [6.07, 6.45) is 7.33. The molecule has 0 bridgehead atoms. The topological polar surface area (TPSA) is 32.3 Å². The average Bonchev–Trinajstić information content (AvgIpc) is 2.44. The fourth-order valence-electron chi connectivity index (χ4n) is 2.44. The van der Waals surface area contributed by atoms with E-state index >= 15 is 0 Å². The van der Waals surface area contributed by atoms with Crippen LogP contribution in [0, 0.1) is 0 Å². The molecule has 0 saturated heterocycles. The molecule has 0 fully saturated rings. The molecule has 1 aromatic rings. The number of aliphatic hydroxyl groups is 1. The Kier molecular flexibility index (Phi) is 8.52. The Labute approximate surface area is 118 Å². The molecule has 1 unspecified atom stereocenters. The van der Waals surface area contributed by atoms with Gasteiger partial charge in [-0.15, -0.1) is 0 Å². The molecule has 0 aliphatic rings. The van der Waals surface area contributed by atoms with Crippen molar-refractivity contribution in [3.05, 3.63) is 35.9 Å². The second kappa shape index (κ2) is 9.99. The van der Waals surface area contributed by atoms with Gasteiger partial charge < -0.3 is 10.4 Å². The third-order valence-corrected chi connectivity index (χ3v) is 3.56. The van der Waals surface area contributed by atoms with E-state index in [0.717, 1.165) is 6.42 Å². The molecule has 2 nitrogen and oxygen atoms in total. The second-order valence-electron chi connectivity index (χ2n) is 5.49. The van der Waals surface area contributed by atoms with Crippen LogP contribution in [0.25, 0.3) is 0 Å². The van der Waals surface area contributed by atoms with Gasteiger partial charge >= 0.3 is 0 Å². The highest BCUT2D eigenvalue weighted by Crippen LogP contribution is 2.08. The van der Waals surface area contributed by atoms with E-state index in [9.17, 15) is 5.11 Å². The Bertz CT molecular complexity index is 312. The van der Waals surface area contributed by atoms with Crippen LogP contribution < -0.4 is 5.32 Å². The van der Waals surface area contributed by atoms with Gasteiger partial charge in [-0.2, -0.15) is 0 Å². The molecule has 1 aromatic carbocycles. The minimum atomic E-state index is 0.170. The average molecular weight is 263 g/mol. The van der Waals surface area contributed by atoms with Gasteiger partial charge in [-0.05, 0) is 25.3 Å². The third kappa shape index (κ3) is 7.34. The van der Waals surface area contributed by atoms with E-state index in [0.29, 0.717) is 6.04 Å². The summed E-state index contributed by atoms with van der Waals surface area (Å²) in [7, 11) is 0. The van der Waals surface area contributed by atoms with Crippen LogP contribution in [-0.2, 0) is 6.42 Å². The van der Waals surface area contributed by atoms with Crippen molar-refractivity contribution in [1.82, 2.24) is 5.32 Å². The van der Waals surface area contributed by atoms with E-state index in [4.69, 9.17) is 0 Å². The van der Waals surface area contributed by atoms with Gasteiger partial charge in [0, 0.05) is 12.1 Å². The van der Waals surface area contributed by atoms with E-state index in [-0.39, 0.29) is 12.6 Å². The molecule has 0 aliphatic heterocycles. The summed E-state index contributed by atoms with van der Waals surface area (Å²) in [6.45, 7) is 4.66. The van der Waals surface area contributed by atoms with Crippen LogP contribution in [0.5, 0.6) is 0 Å². The van der Waals surface area contributed by atoms with Crippen LogP contribution in [0.3, 0.4) is 0 Å². The normalized spacial score (nSPS) is 14.3. The lowest BCUT2D eigenvalue weighted by molar-refractivity contribution is 0.229. The number of rotatable bonds is 10. The Morgan fingerprint density at radius 1 is 1.11 bits per heavy atom. The predicted molar refractivity (Wildman–Crippen MR) is 82.4 cm³/mol. The molecule has 2 heteroatoms. The maximum absolute atomic E-state index is 9.48. The second-order valence-corrected chi connectivity index (χ2v) is 5.49. The van der Waals surface area contributed by atoms with Gasteiger partial charge in [0.05, 0.1) is 6.61 Å². The standard InChI is InChI=1S/C17H29NO/c1-3-4-5-7-10-15(2)18-17(14-19)13-16-11-8-6-9-12-16/h6,8-9,11-12,15,17-19H,3-5,7,10,13-14H2,1-2H3/t15?,17-/m0/s1. The molecule has 0 aliphatic carbocycles. The van der Waals surface area contributed by atoms with Crippen LogP contribution in [0.1, 0.15) is 51.5 Å². The van der Waals surface area contributed by atoms with Gasteiger partial charge in [-0.3, -0.25) is 0 Å². The van der Waals surface area contributed by atoms with Crippen LogP contribution in [0.2, 0.25) is 0 Å². The van der Waals surface area contributed by atoms with Crippen molar-refractivity contribution < 1.29 is 5.11 Å². The first-order valence-corrected chi connectivity index (χ1v) is 7.67. The monoisotopic (exact) mass is 263 g/mol. The number of hydrogen-bond donors (Lipinski definition) is 2. The Hall–Kier alpha value is -0.860. The molecule has 0 aromatic heterocycles. The lowest BCUT2D eigenvalue weighted by Crippen LogP contribution is -2.40. The molecule has 0 heterocycles. The zero-order valence-electron chi connectivity index (χ0n) is 12.4. The quantitative estimate of drug-likeness (QED) is 0.633. The highest BCUT2D eigenvalue weighted by atomic mass is 16.3. The summed E-state index contributed by atoms with van der Waals surface area (Å²) in [5.41, 5.74) is 1.28. The summed E-state index contributed by atoms with van der Waals surface area (Å²) >= 11 is 0. The Morgan fingerprint density at radius 3 is 2.47 bits per heavy atom. The Balaban J connectivity index is 2.27. The fraction of sp³-hybridized carbons (Fsp3) is 0.647. The molecular formula is C17H29NO. The number of benzene rings is 1. The van der Waals surface area contributed by atoms with Crippen LogP contribution >= 0.6 is 0 Å². The minimum absolute atomic E-state index is 0.170. The molecule has 0 saturated carbocycles. The molecule has 0 spiro atoms. The Morgan fingerprint density at radius 2 is 1.84 bits per heavy atom. The summed E-state index contributed by atoms with van der Waals surface area (Å²) in [5, 5.41) is 13.0. The summed E-state index contributed by atoms with van der Waals surface area (Å²) in [5.74, 6) is 0. The van der Waals surface area contributed by atoms with E-state index in [1.165, 1.54) is 37.7 Å². The maximum Gasteiger partial charge on any atom is 0.0587 e. The van der Waals surface area contributed by atoms with E-state index < -0.39 is 0 Å². The van der Waals surface area contributed by atoms with Gasteiger partial charge in [-0.25, -0.2) is 0 Å². The van der Waals surface area contributed by atoms with E-state index in [1.54, 1.807) is 0 Å². The highest BCUT2D eigenvalue weighted by molar-refractivity contribution is 5.15. The fourth-order valence-corrected chi connectivity index (χ4v) is 2.44. The number of unbranched alkanes of at least 4 members (excludes halogenated alkanes) is 3. The molecule has 2 N–H and O–H groups in total. The van der Waals surface area contributed by atoms with Gasteiger partial charge in [0.25, 0.3) is 0 Å². The van der Waals surface area contributed by atoms with Crippen molar-refractivity contribution in [3.8, 4) is 0 Å². The molecule has 1 rings (SSSR count). The summed E-state index contributed by atoms with van der Waals surface area (Å²) in [4.78, 5) is 0. The van der Waals surface area contributed by atoms with Crippen molar-refractivity contribution in [3.63, 3.8) is 0 Å². The van der Waals surface area contributed by atoms with E-state index in [1.807, 2.05) is 6.07 Å². The van der Waals surface area contributed by atoms with Gasteiger partial charge in [0.15, 0.2) is 0 Å². The molecule has 2 atom stereocenters. The van der Waals surface area contributed by atoms with Crippen molar-refractivity contribution in [2.45, 2.75) is 64.5 Å². The number of hydrogen-bond acceptors (Lipinski definition) is 2. The predicted octanol–water partition coefficient (Wildman–Crippen LogP) is 3.54. The van der Waals surface area contributed by atoms with Crippen molar-refractivity contribution in [1.29, 1.82) is 0 Å². The van der Waals surface area contributed by atoms with Crippen LogP contribution in [0.4, 0.5) is 0 Å². The smallest absolute Gasteiger partial charge is 0.0587 e. The highest BCUT2D eigenvalue weighted by Gasteiger charge is 2.11. The third-order valence-electron chi connectivity index (χ3n) is 3.56. The minimum Gasteiger partial charge on any atom is -0.395 e. The first-order chi connectivity index (χ1) is 9.26. The van der Waals surface area contributed by atoms with Crippen LogP contribution in [-0.4, -0.2) is 23.8 Å². The van der Waals surface area contributed by atoms with Gasteiger partial charge in [0.1, 0.15) is 0 Å². The van der Waals surface area contributed by atoms with Crippen molar-refractivity contribution >= 4 is 0 Å². The maximum atomic E-state index is 9.48. The molecule has 0 radical (unpaired) electrons. The van der Waals surface area contributed by atoms with E-state index in [2.05, 4.69) is 43.4 Å². The molecule has 0 amide bonds. The number of aliphatic hydroxyl groups excluding tert-OH is 1. The zero-order valence-corrected chi connectivity index (χ0v) is 12.4. The lowest BCUT2D eigenvalue weighted by Gasteiger charge is -2.22. The zero-order chi connectivity index (χ0) is 13.9. The van der Waals surface area contributed by atoms with Gasteiger partial charge in [-0.1, -0.05) is 62.9 Å². The largest absolute Gasteiger partial charge is 0.395 e. The SMILES string of the molecule is CCCCCCC(C)N[C@H](CO)Cc1ccccc1. The first kappa shape index (κ1) is 16.2.